The van der Waals surface area contributed by atoms with Crippen LogP contribution in [0.15, 0.2) is 0 Å². The van der Waals surface area contributed by atoms with Gasteiger partial charge >= 0.3 is 7.12 Å². The minimum atomic E-state index is -1.06. The van der Waals surface area contributed by atoms with E-state index in [1.807, 2.05) is 0 Å². The Bertz CT molecular complexity index is 175. The van der Waals surface area contributed by atoms with Gasteiger partial charge in [0.25, 0.3) is 0 Å². The van der Waals surface area contributed by atoms with E-state index in [1.54, 1.807) is 27.7 Å². The molecular formula is C11H25BO4. The fourth-order valence-corrected chi connectivity index (χ4v) is 1.26. The first-order chi connectivity index (χ1) is 7.05. The van der Waals surface area contributed by atoms with E-state index in [9.17, 15) is 0 Å². The zero-order valence-electron chi connectivity index (χ0n) is 10.8. The Labute approximate surface area is 98.5 Å². The van der Waals surface area contributed by atoms with E-state index in [0.717, 1.165) is 12.8 Å². The molecule has 5 heteroatoms. The summed E-state index contributed by atoms with van der Waals surface area (Å²) in [6.45, 7) is 6.31. The van der Waals surface area contributed by atoms with Gasteiger partial charge in [-0.1, -0.05) is 25.7 Å². The summed E-state index contributed by atoms with van der Waals surface area (Å²) in [4.78, 5) is 0. The Balaban J connectivity index is 0.000000281. The van der Waals surface area contributed by atoms with Crippen molar-refractivity contribution in [3.63, 3.8) is 0 Å². The molecule has 0 radical (unpaired) electrons. The maximum atomic E-state index is 9.10. The van der Waals surface area contributed by atoms with Crippen molar-refractivity contribution < 1.29 is 20.3 Å². The van der Waals surface area contributed by atoms with Crippen LogP contribution >= 0.6 is 0 Å². The first kappa shape index (κ1) is 15.9. The highest BCUT2D eigenvalue weighted by Crippen LogP contribution is 2.30. The predicted molar refractivity (Wildman–Crippen MR) is 65.0 cm³/mol. The van der Waals surface area contributed by atoms with Gasteiger partial charge in [0.2, 0.25) is 0 Å². The third-order valence-corrected chi connectivity index (χ3v) is 3.32. The van der Waals surface area contributed by atoms with Gasteiger partial charge in [-0.05, 0) is 33.5 Å². The molecule has 96 valence electrons. The molecular weight excluding hydrogens is 207 g/mol. The fraction of sp³-hybridized carbons (Fsp3) is 1.00. The first-order valence-corrected chi connectivity index (χ1v) is 5.86. The monoisotopic (exact) mass is 232 g/mol. The van der Waals surface area contributed by atoms with E-state index < -0.39 is 18.3 Å². The van der Waals surface area contributed by atoms with Crippen LogP contribution in [0.3, 0.4) is 0 Å². The van der Waals surface area contributed by atoms with Crippen LogP contribution < -0.4 is 0 Å². The summed E-state index contributed by atoms with van der Waals surface area (Å²) >= 11 is 0. The molecule has 1 aliphatic rings. The molecule has 0 aromatic carbocycles. The van der Waals surface area contributed by atoms with Crippen LogP contribution in [0, 0.1) is 0 Å². The molecule has 0 bridgehead atoms. The van der Waals surface area contributed by atoms with Crippen LogP contribution in [-0.4, -0.2) is 38.6 Å². The third-order valence-electron chi connectivity index (χ3n) is 3.32. The maximum Gasteiger partial charge on any atom is 0.454 e. The molecule has 16 heavy (non-hydrogen) atoms. The standard InChI is InChI=1S/C6H14O2.C5H11BO2/c1-5(2,7)6(3,4)8;7-6(8)5-3-1-2-4-5/h7-8H,1-4H3;5,7-8H,1-4H2. The molecule has 1 aliphatic carbocycles. The summed E-state index contributed by atoms with van der Waals surface area (Å²) < 4.78 is 0. The van der Waals surface area contributed by atoms with E-state index >= 15 is 0 Å². The van der Waals surface area contributed by atoms with Gasteiger partial charge in [0.05, 0.1) is 11.2 Å². The number of aliphatic hydroxyl groups is 2. The second kappa shape index (κ2) is 6.01. The van der Waals surface area contributed by atoms with E-state index in [4.69, 9.17) is 20.3 Å². The summed E-state index contributed by atoms with van der Waals surface area (Å²) in [6.07, 6.45) is 4.33. The van der Waals surface area contributed by atoms with Crippen molar-refractivity contribution in [3.05, 3.63) is 0 Å². The van der Waals surface area contributed by atoms with Gasteiger partial charge < -0.3 is 20.3 Å². The highest BCUT2D eigenvalue weighted by atomic mass is 16.4. The molecule has 0 aromatic heterocycles. The average molecular weight is 232 g/mol. The first-order valence-electron chi connectivity index (χ1n) is 5.86. The number of rotatable bonds is 2. The van der Waals surface area contributed by atoms with Gasteiger partial charge in [0, 0.05) is 0 Å². The topological polar surface area (TPSA) is 80.9 Å². The fourth-order valence-electron chi connectivity index (χ4n) is 1.26. The van der Waals surface area contributed by atoms with E-state index in [1.165, 1.54) is 12.8 Å². The molecule has 0 saturated heterocycles. The summed E-state index contributed by atoms with van der Waals surface area (Å²) in [5, 5.41) is 35.4. The van der Waals surface area contributed by atoms with Gasteiger partial charge in [-0.3, -0.25) is 0 Å². The SMILES string of the molecule is CC(C)(O)C(C)(C)O.OB(O)C1CCCC1. The van der Waals surface area contributed by atoms with Crippen molar-refractivity contribution in [2.24, 2.45) is 0 Å². The second-order valence-corrected chi connectivity index (χ2v) is 5.58. The lowest BCUT2D eigenvalue weighted by Crippen LogP contribution is -2.44. The van der Waals surface area contributed by atoms with Crippen molar-refractivity contribution in [1.82, 2.24) is 0 Å². The number of hydrogen-bond acceptors (Lipinski definition) is 4. The molecule has 4 nitrogen and oxygen atoms in total. The summed E-state index contributed by atoms with van der Waals surface area (Å²) in [5.41, 5.74) is -2.01. The van der Waals surface area contributed by atoms with E-state index in [-0.39, 0.29) is 5.82 Å². The Morgan fingerprint density at radius 3 is 1.31 bits per heavy atom. The van der Waals surface area contributed by atoms with E-state index in [0.29, 0.717) is 0 Å². The highest BCUT2D eigenvalue weighted by Gasteiger charge is 2.31. The molecule has 0 heterocycles. The van der Waals surface area contributed by atoms with Gasteiger partial charge in [0.15, 0.2) is 0 Å². The summed E-state index contributed by atoms with van der Waals surface area (Å²) in [7, 11) is -1.06. The molecule has 0 aliphatic heterocycles. The van der Waals surface area contributed by atoms with Crippen LogP contribution in [0.2, 0.25) is 5.82 Å². The number of hydrogen-bond donors (Lipinski definition) is 4. The normalized spacial score (nSPS) is 18.0. The van der Waals surface area contributed by atoms with Crippen LogP contribution in [0.4, 0.5) is 0 Å². The third kappa shape index (κ3) is 5.84. The lowest BCUT2D eigenvalue weighted by atomic mass is 9.72. The van der Waals surface area contributed by atoms with Crippen molar-refractivity contribution in [2.45, 2.75) is 70.4 Å². The van der Waals surface area contributed by atoms with Gasteiger partial charge in [-0.25, -0.2) is 0 Å². The molecule has 0 spiro atoms. The second-order valence-electron chi connectivity index (χ2n) is 5.58. The van der Waals surface area contributed by atoms with Crippen LogP contribution in [0.5, 0.6) is 0 Å². The Morgan fingerprint density at radius 1 is 0.875 bits per heavy atom. The van der Waals surface area contributed by atoms with Crippen LogP contribution in [0.25, 0.3) is 0 Å². The molecule has 1 fully saturated rings. The van der Waals surface area contributed by atoms with E-state index in [2.05, 4.69) is 0 Å². The minimum absolute atomic E-state index is 0.176. The van der Waals surface area contributed by atoms with Crippen LogP contribution in [0.1, 0.15) is 53.4 Å². The maximum absolute atomic E-state index is 9.10. The zero-order valence-corrected chi connectivity index (χ0v) is 10.8. The largest absolute Gasteiger partial charge is 0.454 e. The molecule has 0 amide bonds. The smallest absolute Gasteiger partial charge is 0.427 e. The van der Waals surface area contributed by atoms with Crippen molar-refractivity contribution in [3.8, 4) is 0 Å². The Kier molecular flexibility index (Phi) is 5.97. The van der Waals surface area contributed by atoms with Crippen molar-refractivity contribution in [1.29, 1.82) is 0 Å². The van der Waals surface area contributed by atoms with Crippen molar-refractivity contribution in [2.75, 3.05) is 0 Å². The molecule has 0 unspecified atom stereocenters. The lowest BCUT2D eigenvalue weighted by molar-refractivity contribution is -0.107. The average Bonchev–Trinajstić information content (AvgIpc) is 2.51. The molecule has 4 N–H and O–H groups in total. The zero-order chi connectivity index (χ0) is 13.0. The van der Waals surface area contributed by atoms with Gasteiger partial charge in [-0.2, -0.15) is 0 Å². The molecule has 1 saturated carbocycles. The van der Waals surface area contributed by atoms with Crippen LogP contribution in [-0.2, 0) is 0 Å². The quantitative estimate of drug-likeness (QED) is 0.534. The summed E-state index contributed by atoms with van der Waals surface area (Å²) in [6, 6.07) is 0. The molecule has 0 atom stereocenters. The lowest BCUT2D eigenvalue weighted by Gasteiger charge is -2.31. The molecule has 1 rings (SSSR count). The van der Waals surface area contributed by atoms with Crippen molar-refractivity contribution >= 4 is 7.12 Å². The molecule has 0 aromatic rings. The van der Waals surface area contributed by atoms with Gasteiger partial charge in [0.1, 0.15) is 0 Å². The Hall–Kier alpha value is -0.0951. The predicted octanol–water partition coefficient (Wildman–Crippen LogP) is 0.932. The minimum Gasteiger partial charge on any atom is -0.427 e. The summed E-state index contributed by atoms with van der Waals surface area (Å²) in [5.74, 6) is 0.176. The highest BCUT2D eigenvalue weighted by molar-refractivity contribution is 6.43. The Morgan fingerprint density at radius 2 is 1.19 bits per heavy atom. The van der Waals surface area contributed by atoms with Gasteiger partial charge in [-0.15, -0.1) is 0 Å².